The van der Waals surface area contributed by atoms with Crippen molar-refractivity contribution in [2.45, 2.75) is 6.42 Å². The van der Waals surface area contributed by atoms with Crippen LogP contribution in [0.2, 0.25) is 5.02 Å². The largest absolute Gasteiger partial charge is 0.493 e. The van der Waals surface area contributed by atoms with Crippen LogP contribution in [0.4, 0.5) is 0 Å². The SMILES string of the molecule is COc1ccc(CCN=[N+]=[N-])c(Cl)c1OC. The molecule has 86 valence electrons. The Labute approximate surface area is 98.6 Å². The van der Waals surface area contributed by atoms with Gasteiger partial charge >= 0.3 is 0 Å². The summed E-state index contributed by atoms with van der Waals surface area (Å²) < 4.78 is 10.3. The molecule has 5 nitrogen and oxygen atoms in total. The topological polar surface area (TPSA) is 67.2 Å². The molecule has 0 amide bonds. The number of ether oxygens (including phenoxy) is 2. The number of hydrogen-bond acceptors (Lipinski definition) is 3. The van der Waals surface area contributed by atoms with E-state index in [1.807, 2.05) is 6.07 Å². The van der Waals surface area contributed by atoms with Crippen LogP contribution in [0, 0.1) is 0 Å². The van der Waals surface area contributed by atoms with Crippen LogP contribution in [0.1, 0.15) is 5.56 Å². The molecule has 0 heterocycles. The van der Waals surface area contributed by atoms with Gasteiger partial charge < -0.3 is 9.47 Å². The highest BCUT2D eigenvalue weighted by Gasteiger charge is 2.12. The van der Waals surface area contributed by atoms with Gasteiger partial charge in [-0.1, -0.05) is 22.8 Å². The molecule has 0 radical (unpaired) electrons. The first-order valence-corrected chi connectivity index (χ1v) is 5.02. The predicted molar refractivity (Wildman–Crippen MR) is 62.3 cm³/mol. The van der Waals surface area contributed by atoms with Gasteiger partial charge in [-0.2, -0.15) is 0 Å². The van der Waals surface area contributed by atoms with Crippen molar-refractivity contribution in [3.63, 3.8) is 0 Å². The van der Waals surface area contributed by atoms with Crippen molar-refractivity contribution in [3.05, 3.63) is 33.2 Å². The number of methoxy groups -OCH3 is 2. The number of benzene rings is 1. The van der Waals surface area contributed by atoms with E-state index < -0.39 is 0 Å². The van der Waals surface area contributed by atoms with Crippen molar-refractivity contribution in [1.29, 1.82) is 0 Å². The van der Waals surface area contributed by atoms with Gasteiger partial charge in [0.05, 0.1) is 19.2 Å². The minimum atomic E-state index is 0.367. The molecule has 1 aromatic rings. The maximum absolute atomic E-state index is 8.18. The minimum absolute atomic E-state index is 0.367. The van der Waals surface area contributed by atoms with Crippen LogP contribution in [-0.4, -0.2) is 20.8 Å². The fourth-order valence-electron chi connectivity index (χ4n) is 1.34. The van der Waals surface area contributed by atoms with E-state index >= 15 is 0 Å². The van der Waals surface area contributed by atoms with Crippen molar-refractivity contribution in [1.82, 2.24) is 0 Å². The quantitative estimate of drug-likeness (QED) is 0.451. The number of nitrogens with zero attached hydrogens (tertiary/aromatic N) is 3. The second-order valence-corrected chi connectivity index (χ2v) is 3.36. The zero-order chi connectivity index (χ0) is 12.0. The van der Waals surface area contributed by atoms with Crippen molar-refractivity contribution in [2.24, 2.45) is 5.11 Å². The maximum Gasteiger partial charge on any atom is 0.179 e. The molecule has 1 rings (SSSR count). The predicted octanol–water partition coefficient (Wildman–Crippen LogP) is 3.21. The summed E-state index contributed by atoms with van der Waals surface area (Å²) in [5.74, 6) is 1.09. The molecule has 16 heavy (non-hydrogen) atoms. The summed E-state index contributed by atoms with van der Waals surface area (Å²) in [5.41, 5.74) is 9.04. The van der Waals surface area contributed by atoms with Gasteiger partial charge in [-0.3, -0.25) is 0 Å². The van der Waals surface area contributed by atoms with Crippen molar-refractivity contribution in [3.8, 4) is 11.5 Å². The highest BCUT2D eigenvalue weighted by atomic mass is 35.5. The molecule has 0 aromatic heterocycles. The molecule has 0 unspecified atom stereocenters. The van der Waals surface area contributed by atoms with E-state index in [0.29, 0.717) is 29.5 Å². The van der Waals surface area contributed by atoms with Crippen LogP contribution in [0.3, 0.4) is 0 Å². The molecule has 0 fully saturated rings. The minimum Gasteiger partial charge on any atom is -0.493 e. The maximum atomic E-state index is 8.18. The molecule has 0 saturated carbocycles. The summed E-state index contributed by atoms with van der Waals surface area (Å²) in [5, 5.41) is 3.95. The van der Waals surface area contributed by atoms with Crippen LogP contribution in [0.25, 0.3) is 10.4 Å². The Morgan fingerprint density at radius 3 is 2.69 bits per heavy atom. The first-order valence-electron chi connectivity index (χ1n) is 4.64. The van der Waals surface area contributed by atoms with Crippen molar-refractivity contribution >= 4 is 11.6 Å². The van der Waals surface area contributed by atoms with E-state index in [1.165, 1.54) is 7.11 Å². The molecule has 1 aromatic carbocycles. The molecule has 0 spiro atoms. The average molecular weight is 242 g/mol. The third-order valence-electron chi connectivity index (χ3n) is 2.11. The van der Waals surface area contributed by atoms with Gasteiger partial charge in [-0.25, -0.2) is 0 Å². The van der Waals surface area contributed by atoms with E-state index in [1.54, 1.807) is 13.2 Å². The normalized spacial score (nSPS) is 9.44. The van der Waals surface area contributed by atoms with Gasteiger partial charge in [0.15, 0.2) is 11.5 Å². The van der Waals surface area contributed by atoms with Gasteiger partial charge in [0, 0.05) is 11.5 Å². The van der Waals surface area contributed by atoms with E-state index in [-0.39, 0.29) is 0 Å². The number of rotatable bonds is 5. The third kappa shape index (κ3) is 2.72. The molecule has 0 saturated heterocycles. The summed E-state index contributed by atoms with van der Waals surface area (Å²) in [6.07, 6.45) is 0.573. The van der Waals surface area contributed by atoms with Gasteiger partial charge in [-0.05, 0) is 23.6 Å². The first-order chi connectivity index (χ1) is 7.74. The number of azide groups is 1. The number of halogens is 1. The Balaban J connectivity index is 2.99. The second kappa shape index (κ2) is 6.10. The van der Waals surface area contributed by atoms with Crippen LogP contribution < -0.4 is 9.47 Å². The van der Waals surface area contributed by atoms with Gasteiger partial charge in [-0.15, -0.1) is 0 Å². The summed E-state index contributed by atoms with van der Waals surface area (Å²) in [6.45, 7) is 0.367. The Hall–Kier alpha value is -1.58. The van der Waals surface area contributed by atoms with Crippen molar-refractivity contribution < 1.29 is 9.47 Å². The average Bonchev–Trinajstić information content (AvgIpc) is 2.31. The smallest absolute Gasteiger partial charge is 0.179 e. The lowest BCUT2D eigenvalue weighted by Gasteiger charge is -2.11. The van der Waals surface area contributed by atoms with Gasteiger partial charge in [0.2, 0.25) is 0 Å². The second-order valence-electron chi connectivity index (χ2n) is 2.98. The number of hydrogen-bond donors (Lipinski definition) is 0. The van der Waals surface area contributed by atoms with Crippen LogP contribution in [0.5, 0.6) is 11.5 Å². The fourth-order valence-corrected chi connectivity index (χ4v) is 1.67. The molecule has 0 aliphatic carbocycles. The van der Waals surface area contributed by atoms with Gasteiger partial charge in [0.1, 0.15) is 0 Å². The lowest BCUT2D eigenvalue weighted by atomic mass is 10.1. The van der Waals surface area contributed by atoms with Gasteiger partial charge in [0.25, 0.3) is 0 Å². The Kier molecular flexibility index (Phi) is 4.76. The molecule has 0 atom stereocenters. The van der Waals surface area contributed by atoms with E-state index in [9.17, 15) is 0 Å². The van der Waals surface area contributed by atoms with Crippen LogP contribution >= 0.6 is 11.6 Å². The van der Waals surface area contributed by atoms with E-state index in [2.05, 4.69) is 10.0 Å². The lowest BCUT2D eigenvalue weighted by Crippen LogP contribution is -1.96. The molecule has 0 N–H and O–H groups in total. The third-order valence-corrected chi connectivity index (χ3v) is 2.52. The first kappa shape index (κ1) is 12.5. The van der Waals surface area contributed by atoms with Crippen molar-refractivity contribution in [2.75, 3.05) is 20.8 Å². The summed E-state index contributed by atoms with van der Waals surface area (Å²) in [7, 11) is 3.08. The monoisotopic (exact) mass is 241 g/mol. The molecule has 6 heteroatoms. The standard InChI is InChI=1S/C10H12ClN3O2/c1-15-8-4-3-7(5-6-13-14-12)9(11)10(8)16-2/h3-4H,5-6H2,1-2H3. The zero-order valence-electron chi connectivity index (χ0n) is 9.11. The summed E-state index contributed by atoms with van der Waals surface area (Å²) in [6, 6.07) is 3.60. The van der Waals surface area contributed by atoms with Crippen LogP contribution in [-0.2, 0) is 6.42 Å². The lowest BCUT2D eigenvalue weighted by molar-refractivity contribution is 0.354. The van der Waals surface area contributed by atoms with E-state index in [0.717, 1.165) is 5.56 Å². The highest BCUT2D eigenvalue weighted by Crippen LogP contribution is 2.37. The highest BCUT2D eigenvalue weighted by molar-refractivity contribution is 6.33. The Morgan fingerprint density at radius 2 is 2.12 bits per heavy atom. The van der Waals surface area contributed by atoms with Crippen LogP contribution in [0.15, 0.2) is 17.2 Å². The summed E-state index contributed by atoms with van der Waals surface area (Å²) >= 11 is 6.13. The molecular formula is C10H12ClN3O2. The Bertz CT molecular complexity index is 417. The molecule has 0 bridgehead atoms. The fraction of sp³-hybridized carbons (Fsp3) is 0.400. The molecular weight excluding hydrogens is 230 g/mol. The van der Waals surface area contributed by atoms with E-state index in [4.69, 9.17) is 26.6 Å². The Morgan fingerprint density at radius 1 is 1.38 bits per heavy atom. The zero-order valence-corrected chi connectivity index (χ0v) is 9.86. The molecule has 0 aliphatic heterocycles. The summed E-state index contributed by atoms with van der Waals surface area (Å²) in [4.78, 5) is 2.68. The molecule has 0 aliphatic rings.